The lowest BCUT2D eigenvalue weighted by Gasteiger charge is -2.27. The highest BCUT2D eigenvalue weighted by molar-refractivity contribution is 7.10. The number of hydrogen-bond donors (Lipinski definition) is 2. The summed E-state index contributed by atoms with van der Waals surface area (Å²) in [6, 6.07) is 3.94. The fourth-order valence-electron chi connectivity index (χ4n) is 2.48. The van der Waals surface area contributed by atoms with Crippen molar-refractivity contribution in [3.8, 4) is 0 Å². The number of nitrogens with one attached hydrogen (secondary N) is 1. The van der Waals surface area contributed by atoms with E-state index in [4.69, 9.17) is 5.73 Å². The van der Waals surface area contributed by atoms with Crippen molar-refractivity contribution in [2.24, 2.45) is 5.73 Å². The fraction of sp³-hybridized carbons (Fsp3) is 0.429. The minimum atomic E-state index is -0.359. The lowest BCUT2D eigenvalue weighted by molar-refractivity contribution is 0.100. The Morgan fingerprint density at radius 3 is 3.19 bits per heavy atom. The van der Waals surface area contributed by atoms with Gasteiger partial charge in [-0.15, -0.1) is 11.3 Å². The van der Waals surface area contributed by atoms with Crippen LogP contribution in [-0.4, -0.2) is 40.2 Å². The molecule has 2 aromatic rings. The Morgan fingerprint density at radius 1 is 1.48 bits per heavy atom. The summed E-state index contributed by atoms with van der Waals surface area (Å²) in [6.07, 6.45) is 1.87. The summed E-state index contributed by atoms with van der Waals surface area (Å²) in [6.45, 7) is 5.70. The first-order chi connectivity index (χ1) is 10.2. The quantitative estimate of drug-likeness (QED) is 0.768. The predicted molar refractivity (Wildman–Crippen MR) is 82.0 cm³/mol. The molecule has 0 unspecified atom stereocenters. The van der Waals surface area contributed by atoms with E-state index in [1.807, 2.05) is 17.6 Å². The van der Waals surface area contributed by atoms with Crippen LogP contribution in [0.1, 0.15) is 20.9 Å². The topological polar surface area (TPSA) is 76.2 Å². The van der Waals surface area contributed by atoms with Gasteiger partial charge in [-0.25, -0.2) is 0 Å². The molecule has 1 aliphatic heterocycles. The Morgan fingerprint density at radius 2 is 2.38 bits per heavy atom. The Kier molecular flexibility index (Phi) is 4.33. The first-order valence-electron chi connectivity index (χ1n) is 7.03. The summed E-state index contributed by atoms with van der Waals surface area (Å²) in [4.78, 5) is 14.6. The number of amides is 1. The molecule has 112 valence electrons. The van der Waals surface area contributed by atoms with Crippen LogP contribution in [0.2, 0.25) is 0 Å². The number of carbonyl (C=O) groups is 1. The van der Waals surface area contributed by atoms with E-state index >= 15 is 0 Å². The highest BCUT2D eigenvalue weighted by Crippen LogP contribution is 2.14. The number of primary amides is 1. The van der Waals surface area contributed by atoms with E-state index in [0.717, 1.165) is 44.1 Å². The monoisotopic (exact) mass is 305 g/mol. The standard InChI is InChI=1S/C14H19N5OS/c15-14(20)11-7-13(21-10-11)8-16-3-4-18-5-6-19-12(9-18)1-2-17-19/h1-2,7,10,16H,3-6,8-9H2,(H2,15,20). The van der Waals surface area contributed by atoms with Crippen LogP contribution in [0.4, 0.5) is 0 Å². The second-order valence-electron chi connectivity index (χ2n) is 5.16. The molecule has 7 heteroatoms. The molecule has 0 saturated carbocycles. The van der Waals surface area contributed by atoms with Crippen molar-refractivity contribution in [1.82, 2.24) is 20.0 Å². The zero-order valence-electron chi connectivity index (χ0n) is 11.8. The van der Waals surface area contributed by atoms with Crippen molar-refractivity contribution < 1.29 is 4.79 Å². The maximum Gasteiger partial charge on any atom is 0.249 e. The van der Waals surface area contributed by atoms with Gasteiger partial charge in [0, 0.05) is 49.2 Å². The van der Waals surface area contributed by atoms with Gasteiger partial charge < -0.3 is 11.1 Å². The highest BCUT2D eigenvalue weighted by atomic mass is 32.1. The van der Waals surface area contributed by atoms with E-state index in [9.17, 15) is 4.79 Å². The number of nitrogens with two attached hydrogens (primary N) is 1. The molecule has 3 rings (SSSR count). The molecule has 1 amide bonds. The molecule has 0 aliphatic carbocycles. The van der Waals surface area contributed by atoms with Gasteiger partial charge in [0.2, 0.25) is 5.91 Å². The van der Waals surface area contributed by atoms with Crippen LogP contribution < -0.4 is 11.1 Å². The highest BCUT2D eigenvalue weighted by Gasteiger charge is 2.15. The van der Waals surface area contributed by atoms with Crippen molar-refractivity contribution in [2.75, 3.05) is 19.6 Å². The average Bonchev–Trinajstić information content (AvgIpc) is 3.12. The third-order valence-electron chi connectivity index (χ3n) is 3.66. The molecule has 0 bridgehead atoms. The van der Waals surface area contributed by atoms with Crippen molar-refractivity contribution in [2.45, 2.75) is 19.6 Å². The van der Waals surface area contributed by atoms with E-state index in [1.54, 1.807) is 11.3 Å². The fourth-order valence-corrected chi connectivity index (χ4v) is 3.33. The van der Waals surface area contributed by atoms with Crippen LogP contribution in [0.25, 0.3) is 0 Å². The second kappa shape index (κ2) is 6.38. The Hall–Kier alpha value is -1.70. The van der Waals surface area contributed by atoms with Crippen LogP contribution in [-0.2, 0) is 19.6 Å². The molecule has 0 atom stereocenters. The van der Waals surface area contributed by atoms with Gasteiger partial charge in [-0.3, -0.25) is 14.4 Å². The van der Waals surface area contributed by atoms with Crippen molar-refractivity contribution in [3.63, 3.8) is 0 Å². The van der Waals surface area contributed by atoms with Crippen LogP contribution in [0.15, 0.2) is 23.7 Å². The Bertz CT molecular complexity index is 620. The normalized spacial score (nSPS) is 15.0. The number of nitrogens with zero attached hydrogens (tertiary/aromatic N) is 3. The van der Waals surface area contributed by atoms with Gasteiger partial charge >= 0.3 is 0 Å². The molecule has 0 fully saturated rings. The number of carbonyl (C=O) groups excluding carboxylic acids is 1. The van der Waals surface area contributed by atoms with E-state index in [-0.39, 0.29) is 5.91 Å². The van der Waals surface area contributed by atoms with E-state index < -0.39 is 0 Å². The molecule has 0 saturated heterocycles. The summed E-state index contributed by atoms with van der Waals surface area (Å²) >= 11 is 1.57. The summed E-state index contributed by atoms with van der Waals surface area (Å²) in [7, 11) is 0. The van der Waals surface area contributed by atoms with Gasteiger partial charge in [-0.2, -0.15) is 5.10 Å². The molecule has 3 heterocycles. The zero-order valence-corrected chi connectivity index (χ0v) is 12.6. The third-order valence-corrected chi connectivity index (χ3v) is 4.60. The molecule has 0 aromatic carbocycles. The molecule has 0 spiro atoms. The van der Waals surface area contributed by atoms with Gasteiger partial charge in [-0.05, 0) is 12.1 Å². The average molecular weight is 305 g/mol. The first kappa shape index (κ1) is 14.2. The summed E-state index contributed by atoms with van der Waals surface area (Å²) < 4.78 is 2.07. The molecule has 21 heavy (non-hydrogen) atoms. The van der Waals surface area contributed by atoms with Crippen molar-refractivity contribution in [3.05, 3.63) is 39.8 Å². The summed E-state index contributed by atoms with van der Waals surface area (Å²) in [5, 5.41) is 9.51. The van der Waals surface area contributed by atoms with E-state index in [0.29, 0.717) is 5.56 Å². The summed E-state index contributed by atoms with van der Waals surface area (Å²) in [5.74, 6) is -0.359. The Labute approximate surface area is 127 Å². The van der Waals surface area contributed by atoms with Gasteiger partial charge in [0.05, 0.1) is 17.8 Å². The molecule has 0 radical (unpaired) electrons. The molecular formula is C14H19N5OS. The summed E-state index contributed by atoms with van der Waals surface area (Å²) in [5.41, 5.74) is 7.12. The van der Waals surface area contributed by atoms with Gasteiger partial charge in [-0.1, -0.05) is 0 Å². The molecule has 1 aliphatic rings. The van der Waals surface area contributed by atoms with Gasteiger partial charge in [0.15, 0.2) is 0 Å². The second-order valence-corrected chi connectivity index (χ2v) is 6.16. The van der Waals surface area contributed by atoms with Gasteiger partial charge in [0.1, 0.15) is 0 Å². The minimum absolute atomic E-state index is 0.359. The van der Waals surface area contributed by atoms with Gasteiger partial charge in [0.25, 0.3) is 0 Å². The predicted octanol–water partition coefficient (Wildman–Crippen LogP) is 0.649. The number of aromatic nitrogens is 2. The van der Waals surface area contributed by atoms with Crippen LogP contribution >= 0.6 is 11.3 Å². The molecular weight excluding hydrogens is 286 g/mol. The van der Waals surface area contributed by atoms with E-state index in [1.165, 1.54) is 5.69 Å². The lowest BCUT2D eigenvalue weighted by atomic mass is 10.3. The van der Waals surface area contributed by atoms with Crippen molar-refractivity contribution >= 4 is 17.2 Å². The number of hydrogen-bond acceptors (Lipinski definition) is 5. The van der Waals surface area contributed by atoms with Crippen molar-refractivity contribution in [1.29, 1.82) is 0 Å². The molecule has 3 N–H and O–H groups in total. The molecule has 2 aromatic heterocycles. The SMILES string of the molecule is NC(=O)c1csc(CNCCN2CCn3nccc3C2)c1. The number of fused-ring (bicyclic) bond motifs is 1. The Balaban J connectivity index is 1.39. The number of thiophene rings is 1. The maximum absolute atomic E-state index is 11.0. The smallest absolute Gasteiger partial charge is 0.249 e. The lowest BCUT2D eigenvalue weighted by Crippen LogP contribution is -2.38. The van der Waals surface area contributed by atoms with E-state index in [2.05, 4.69) is 26.1 Å². The minimum Gasteiger partial charge on any atom is -0.366 e. The van der Waals surface area contributed by atoms with Crippen LogP contribution in [0, 0.1) is 0 Å². The molecule has 6 nitrogen and oxygen atoms in total. The van der Waals surface area contributed by atoms with Crippen LogP contribution in [0.3, 0.4) is 0 Å². The third kappa shape index (κ3) is 3.49. The maximum atomic E-state index is 11.0. The van der Waals surface area contributed by atoms with Crippen LogP contribution in [0.5, 0.6) is 0 Å². The zero-order chi connectivity index (χ0) is 14.7. The number of rotatable bonds is 6. The largest absolute Gasteiger partial charge is 0.366 e. The first-order valence-corrected chi connectivity index (χ1v) is 7.91.